The molecular weight excluding hydrogens is 1550 g/mol. The molecule has 3 saturated heterocycles. The molecule has 6 atom stereocenters. The zero-order chi connectivity index (χ0) is 85.7. The summed E-state index contributed by atoms with van der Waals surface area (Å²) in [6.07, 6.45) is -12.3. The highest BCUT2D eigenvalue weighted by atomic mass is 31.2. The fourth-order valence-corrected chi connectivity index (χ4v) is 15.3. The summed E-state index contributed by atoms with van der Waals surface area (Å²) in [5.74, 6) is -2.45. The predicted molar refractivity (Wildman–Crippen MR) is 399 cm³/mol. The highest BCUT2D eigenvalue weighted by Gasteiger charge is 2.58. The minimum absolute atomic E-state index is 0.0342. The normalized spacial score (nSPS) is 17.1. The Morgan fingerprint density at radius 3 is 1.69 bits per heavy atom. The number of piperazine rings is 1. The van der Waals surface area contributed by atoms with E-state index in [1.54, 1.807) is 87.7 Å². The van der Waals surface area contributed by atoms with Crippen LogP contribution in [0.4, 0.5) is 59.4 Å². The van der Waals surface area contributed by atoms with Crippen molar-refractivity contribution in [3.05, 3.63) is 124 Å². The number of alkyl halides is 8. The van der Waals surface area contributed by atoms with Gasteiger partial charge in [0.2, 0.25) is 11.9 Å². The molecule has 5 aromatic rings. The van der Waals surface area contributed by atoms with Gasteiger partial charge in [-0.15, -0.1) is 0 Å². The molecule has 26 nitrogen and oxygen atoms in total. The van der Waals surface area contributed by atoms with Gasteiger partial charge in [-0.2, -0.15) is 40.2 Å². The van der Waals surface area contributed by atoms with Gasteiger partial charge in [-0.25, -0.2) is 42.6 Å². The first kappa shape index (κ1) is 91.4. The quantitative estimate of drug-likeness (QED) is 0.00863. The predicted octanol–water partition coefficient (Wildman–Crippen LogP) is 13.2. The van der Waals surface area contributed by atoms with Crippen molar-refractivity contribution in [2.24, 2.45) is 10.8 Å². The molecule has 0 aliphatic carbocycles. The van der Waals surface area contributed by atoms with Crippen LogP contribution in [0.2, 0.25) is 0 Å². The lowest BCUT2D eigenvalue weighted by Crippen LogP contribution is -2.64. The number of phosphoric ester groups is 1. The number of benzene rings is 3. The van der Waals surface area contributed by atoms with Gasteiger partial charge in [0, 0.05) is 78.0 Å². The lowest BCUT2D eigenvalue weighted by atomic mass is 9.77. The number of rotatable bonds is 29. The molecule has 3 aromatic carbocycles. The van der Waals surface area contributed by atoms with Gasteiger partial charge in [-0.1, -0.05) is 43.9 Å². The summed E-state index contributed by atoms with van der Waals surface area (Å²) in [4.78, 5) is 99.9. The maximum absolute atomic E-state index is 17.0. The molecule has 3 aliphatic rings. The number of anilines is 1. The molecule has 8 rings (SSSR count). The number of nitrogens with one attached hydrogen (secondary N) is 4. The summed E-state index contributed by atoms with van der Waals surface area (Å²) >= 11 is 0. The van der Waals surface area contributed by atoms with Crippen LogP contribution in [0, 0.1) is 41.2 Å². The van der Waals surface area contributed by atoms with Crippen LogP contribution in [-0.2, 0) is 81.3 Å². The van der Waals surface area contributed by atoms with Crippen LogP contribution in [0.25, 0.3) is 11.3 Å². The van der Waals surface area contributed by atoms with Crippen LogP contribution in [-0.4, -0.2) is 184 Å². The van der Waals surface area contributed by atoms with E-state index in [0.717, 1.165) is 52.4 Å². The Kier molecular flexibility index (Phi) is 28.4. The summed E-state index contributed by atoms with van der Waals surface area (Å²) in [5, 5.41) is 10.3. The molecule has 2 aromatic heterocycles. The Labute approximate surface area is 661 Å². The third kappa shape index (κ3) is 24.0. The number of carbonyl (C=O) groups excluding carboxylic acids is 6. The van der Waals surface area contributed by atoms with E-state index in [1.807, 2.05) is 10.6 Å². The summed E-state index contributed by atoms with van der Waals surface area (Å²) < 4.78 is 214. The minimum Gasteiger partial charge on any atom is -0.460 e. The maximum Gasteiger partial charge on any atom is 0.531 e. The topological polar surface area (TPSA) is 295 Å². The van der Waals surface area contributed by atoms with E-state index in [2.05, 4.69) is 56.9 Å². The molecular formula is C78H100F10N11O15P. The van der Waals surface area contributed by atoms with E-state index in [0.29, 0.717) is 98.8 Å². The number of halogens is 10. The molecule has 4 amide bonds. The summed E-state index contributed by atoms with van der Waals surface area (Å²) in [6, 6.07) is 4.63. The van der Waals surface area contributed by atoms with E-state index < -0.39 is 175 Å². The fourth-order valence-electron chi connectivity index (χ4n) is 13.5. The Morgan fingerprint density at radius 2 is 1.21 bits per heavy atom. The second kappa shape index (κ2) is 35.8. The number of fused-ring (bicyclic) bond motifs is 2. The third-order valence-electron chi connectivity index (χ3n) is 19.2. The largest absolute Gasteiger partial charge is 0.531 e. The van der Waals surface area contributed by atoms with Crippen molar-refractivity contribution < 1.29 is 114 Å². The van der Waals surface area contributed by atoms with Crippen molar-refractivity contribution in [3.8, 4) is 28.8 Å². The highest BCUT2D eigenvalue weighted by molar-refractivity contribution is 7.49. The molecule has 632 valence electrons. The van der Waals surface area contributed by atoms with Crippen molar-refractivity contribution in [1.82, 2.24) is 51.0 Å². The zero-order valence-electron chi connectivity index (χ0n) is 67.3. The first-order valence-corrected chi connectivity index (χ1v) is 38.3. The number of esters is 2. The summed E-state index contributed by atoms with van der Waals surface area (Å²) in [6.45, 7) is 17.8. The number of aryl methyl sites for hydroxylation is 1. The standard InChI is InChI=1S/C78H100F10N11O15P/c1-44-29-49(34-60(100)111-71(2,3)4)62(58(30-44)112-115(106,113-72(5,6)7)114-73(8,9)10)74(11,12)35-61(101)110-59(41-97(95-66(103)64(93-70(105)108-18)76(15,16)78(86,87)88)40-53-54(79)32-48(33-55(53)80)56-27-28-98(94-56)67(81)82)57(91-65(102)63(92-69(104)107-17)75(13,14)77(83,84)85)31-46-22-19-45(20-23-46)21-24-47-36-89-68(90-37-47)96-38-50-25-26-51(39-96)99(50)52-42-109-43-52/h19-20,22-23,27-30,32-33,36-37,50-52,57,59,63-64,67H,25-26,31,34-35,38-43H2,1-18H3,(H,91,102)(H,92,104)(H,93,105)(H,95,103)/t50?,51?,57-,59-,63+,64+/m0/s1. The zero-order valence-corrected chi connectivity index (χ0v) is 68.2. The first-order chi connectivity index (χ1) is 53.1. The Bertz CT molecular complexity index is 4380. The Morgan fingerprint density at radius 1 is 0.678 bits per heavy atom. The molecule has 2 unspecified atom stereocenters. The van der Waals surface area contributed by atoms with Crippen LogP contribution >= 0.6 is 7.82 Å². The molecule has 115 heavy (non-hydrogen) atoms. The summed E-state index contributed by atoms with van der Waals surface area (Å²) in [7, 11) is -3.27. The number of hydrazine groups is 1. The van der Waals surface area contributed by atoms with Gasteiger partial charge in [0.05, 0.1) is 92.2 Å². The van der Waals surface area contributed by atoms with Crippen LogP contribution in [0.15, 0.2) is 73.2 Å². The van der Waals surface area contributed by atoms with E-state index in [9.17, 15) is 28.0 Å². The number of methoxy groups -OCH3 is 2. The number of carbonyl (C=O) groups is 6. The fraction of sp³-hybridized carbons (Fsp3) is 0.577. The van der Waals surface area contributed by atoms with Crippen LogP contribution < -0.4 is 30.8 Å². The molecule has 0 spiro atoms. The minimum atomic E-state index is -5.38. The van der Waals surface area contributed by atoms with Gasteiger partial charge in [0.1, 0.15) is 41.2 Å². The van der Waals surface area contributed by atoms with Crippen LogP contribution in [0.3, 0.4) is 0 Å². The summed E-state index contributed by atoms with van der Waals surface area (Å²) in [5.41, 5.74) is -10.2. The number of amides is 4. The number of hydrogen-bond acceptors (Lipinski definition) is 21. The lowest BCUT2D eigenvalue weighted by molar-refractivity contribution is -0.221. The van der Waals surface area contributed by atoms with Crippen LogP contribution in [0.1, 0.15) is 169 Å². The van der Waals surface area contributed by atoms with E-state index in [-0.39, 0.29) is 32.8 Å². The van der Waals surface area contributed by atoms with E-state index in [4.69, 9.17) is 27.8 Å². The first-order valence-electron chi connectivity index (χ1n) is 36.9. The number of ether oxygens (including phenoxy) is 5. The van der Waals surface area contributed by atoms with Crippen molar-refractivity contribution in [2.75, 3.05) is 52.0 Å². The smallest absolute Gasteiger partial charge is 0.460 e. The highest BCUT2D eigenvalue weighted by Crippen LogP contribution is 2.57. The van der Waals surface area contributed by atoms with E-state index in [1.165, 1.54) is 44.2 Å². The van der Waals surface area contributed by atoms with Gasteiger partial charge in [-0.3, -0.25) is 38.6 Å². The number of nitrogens with zero attached hydrogens (tertiary/aromatic N) is 7. The van der Waals surface area contributed by atoms with Crippen LogP contribution in [0.5, 0.6) is 5.75 Å². The van der Waals surface area contributed by atoms with Crippen molar-refractivity contribution >= 4 is 49.7 Å². The monoisotopic (exact) mass is 1650 g/mol. The maximum atomic E-state index is 17.0. The number of hydrogen-bond donors (Lipinski definition) is 4. The second-order valence-corrected chi connectivity index (χ2v) is 34.8. The molecule has 4 N–H and O–H groups in total. The lowest BCUT2D eigenvalue weighted by Gasteiger charge is -2.47. The number of alkyl carbamates (subject to hydrolysis) is 2. The van der Waals surface area contributed by atoms with Crippen molar-refractivity contribution in [3.63, 3.8) is 0 Å². The SMILES string of the molecule is COC(=O)N[C@H](C(=O)N[C@@H](Cc1ccc(C#Cc2cnc(N3CC4CCC(C3)N4C3COC3)nc2)cc1)[C@H](CN(Cc1c(F)cc(-c2ccn(C(F)F)n2)cc1F)NC(=O)[C@@H](NC(=O)OC)C(C)(C)C(F)(F)F)OC(=O)CC(C)(C)c1c(CC(=O)OC(C)(C)C)cc(C)cc1OP(=O)(OC(C)(C)C)OC(C)(C)C)C(C)(C)C(F)(F)F. The third-order valence-corrected chi connectivity index (χ3v) is 21.2. The molecule has 0 saturated carbocycles. The van der Waals surface area contributed by atoms with E-state index >= 15 is 49.3 Å². The molecule has 3 aliphatic heterocycles. The molecule has 2 bridgehead atoms. The average Bonchev–Trinajstić information content (AvgIpc) is 1.58. The van der Waals surface area contributed by atoms with Gasteiger partial charge >= 0.3 is 50.8 Å². The van der Waals surface area contributed by atoms with Crippen molar-refractivity contribution in [2.45, 2.75) is 233 Å². The van der Waals surface area contributed by atoms with Gasteiger partial charge in [-0.05, 0) is 169 Å². The van der Waals surface area contributed by atoms with Gasteiger partial charge < -0.3 is 49.1 Å². The molecule has 5 heterocycles. The Hall–Kier alpha value is -9.14. The number of aromatic nitrogens is 4. The Balaban J connectivity index is 1.31. The molecule has 3 fully saturated rings. The van der Waals surface area contributed by atoms with Crippen molar-refractivity contribution in [1.29, 1.82) is 0 Å². The average molecular weight is 1650 g/mol. The second-order valence-electron chi connectivity index (χ2n) is 33.4. The number of phosphoric acid groups is 1. The van der Waals surface area contributed by atoms with Gasteiger partial charge in [0.25, 0.3) is 5.91 Å². The molecule has 0 radical (unpaired) electrons. The van der Waals surface area contributed by atoms with Gasteiger partial charge in [0.15, 0.2) is 0 Å². The molecule has 37 heteroatoms.